The van der Waals surface area contributed by atoms with Crippen LogP contribution in [-0.4, -0.2) is 45.3 Å². The number of hydrogen-bond donors (Lipinski definition) is 1. The van der Waals surface area contributed by atoms with Crippen molar-refractivity contribution >= 4 is 0 Å². The third-order valence-electron chi connectivity index (χ3n) is 4.81. The molecule has 0 aromatic heterocycles. The number of rotatable bonds is 5. The Balaban J connectivity index is 1.63. The van der Waals surface area contributed by atoms with E-state index in [-0.39, 0.29) is 0 Å². The molecule has 1 aromatic carbocycles. The van der Waals surface area contributed by atoms with E-state index in [4.69, 9.17) is 9.47 Å². The largest absolute Gasteiger partial charge is 0.493 e. The summed E-state index contributed by atoms with van der Waals surface area (Å²) in [7, 11) is 3.41. The highest BCUT2D eigenvalue weighted by atomic mass is 16.5. The van der Waals surface area contributed by atoms with Gasteiger partial charge >= 0.3 is 0 Å². The van der Waals surface area contributed by atoms with Gasteiger partial charge in [0.25, 0.3) is 0 Å². The molecule has 1 saturated heterocycles. The maximum absolute atomic E-state index is 5.43. The molecular formula is C17H26N2O2. The van der Waals surface area contributed by atoms with Gasteiger partial charge in [-0.1, -0.05) is 0 Å². The minimum Gasteiger partial charge on any atom is -0.493 e. The number of nitrogens with one attached hydrogen (secondary N) is 1. The summed E-state index contributed by atoms with van der Waals surface area (Å²) < 4.78 is 10.8. The Morgan fingerprint density at radius 3 is 2.62 bits per heavy atom. The fourth-order valence-electron chi connectivity index (χ4n) is 3.46. The van der Waals surface area contributed by atoms with Crippen LogP contribution in [0.4, 0.5) is 0 Å². The van der Waals surface area contributed by atoms with E-state index >= 15 is 0 Å². The van der Waals surface area contributed by atoms with Gasteiger partial charge in [0.1, 0.15) is 0 Å². The average Bonchev–Trinajstić information content (AvgIpc) is 3.04. The smallest absolute Gasteiger partial charge is 0.161 e. The van der Waals surface area contributed by atoms with Crippen LogP contribution in [0.15, 0.2) is 12.1 Å². The second-order valence-corrected chi connectivity index (χ2v) is 6.15. The SMILES string of the molecule is COc1cc2c(cc1OC)CN(CCC1CCNC1)CC2. The van der Waals surface area contributed by atoms with Crippen molar-refractivity contribution in [1.29, 1.82) is 0 Å². The van der Waals surface area contributed by atoms with Gasteiger partial charge in [-0.05, 0) is 68.1 Å². The van der Waals surface area contributed by atoms with E-state index in [1.807, 2.05) is 0 Å². The molecule has 0 amide bonds. The van der Waals surface area contributed by atoms with Crippen molar-refractivity contribution in [3.63, 3.8) is 0 Å². The fourth-order valence-corrected chi connectivity index (χ4v) is 3.46. The number of hydrogen-bond acceptors (Lipinski definition) is 4. The molecule has 4 heteroatoms. The predicted molar refractivity (Wildman–Crippen MR) is 84.1 cm³/mol. The monoisotopic (exact) mass is 290 g/mol. The van der Waals surface area contributed by atoms with Gasteiger partial charge in [-0.3, -0.25) is 4.90 Å². The Bertz CT molecular complexity index is 484. The lowest BCUT2D eigenvalue weighted by Gasteiger charge is -2.30. The second-order valence-electron chi connectivity index (χ2n) is 6.15. The molecule has 0 spiro atoms. The maximum atomic E-state index is 5.43. The fraction of sp³-hybridized carbons (Fsp3) is 0.647. The molecule has 4 nitrogen and oxygen atoms in total. The van der Waals surface area contributed by atoms with Crippen molar-refractivity contribution < 1.29 is 9.47 Å². The molecule has 1 fully saturated rings. The van der Waals surface area contributed by atoms with Crippen LogP contribution in [0.1, 0.15) is 24.0 Å². The molecule has 3 rings (SSSR count). The van der Waals surface area contributed by atoms with Crippen molar-refractivity contribution in [2.24, 2.45) is 5.92 Å². The first kappa shape index (κ1) is 14.7. The zero-order valence-electron chi connectivity index (χ0n) is 13.2. The van der Waals surface area contributed by atoms with Crippen LogP contribution in [0, 0.1) is 5.92 Å². The number of nitrogens with zero attached hydrogens (tertiary/aromatic N) is 1. The highest BCUT2D eigenvalue weighted by Gasteiger charge is 2.21. The third kappa shape index (κ3) is 3.33. The molecular weight excluding hydrogens is 264 g/mol. The van der Waals surface area contributed by atoms with Gasteiger partial charge in [-0.15, -0.1) is 0 Å². The summed E-state index contributed by atoms with van der Waals surface area (Å²) in [5.74, 6) is 2.57. The zero-order valence-corrected chi connectivity index (χ0v) is 13.2. The van der Waals surface area contributed by atoms with Crippen molar-refractivity contribution in [2.45, 2.75) is 25.8 Å². The Hall–Kier alpha value is -1.26. The lowest BCUT2D eigenvalue weighted by atomic mass is 9.97. The van der Waals surface area contributed by atoms with Gasteiger partial charge in [0.2, 0.25) is 0 Å². The van der Waals surface area contributed by atoms with Crippen LogP contribution in [0.5, 0.6) is 11.5 Å². The topological polar surface area (TPSA) is 33.7 Å². The average molecular weight is 290 g/mol. The number of benzene rings is 1. The van der Waals surface area contributed by atoms with Crippen LogP contribution < -0.4 is 14.8 Å². The molecule has 1 aromatic rings. The summed E-state index contributed by atoms with van der Waals surface area (Å²) in [6, 6.07) is 4.30. The second kappa shape index (κ2) is 6.67. The lowest BCUT2D eigenvalue weighted by molar-refractivity contribution is 0.235. The van der Waals surface area contributed by atoms with Crippen molar-refractivity contribution in [3.05, 3.63) is 23.3 Å². The highest BCUT2D eigenvalue weighted by molar-refractivity contribution is 5.48. The highest BCUT2D eigenvalue weighted by Crippen LogP contribution is 2.33. The van der Waals surface area contributed by atoms with Gasteiger partial charge in [-0.2, -0.15) is 0 Å². The standard InChI is InChI=1S/C17H26N2O2/c1-20-16-9-14-5-8-19(7-4-13-3-6-18-11-13)12-15(14)10-17(16)21-2/h9-10,13,18H,3-8,11-12H2,1-2H3. The van der Waals surface area contributed by atoms with Crippen LogP contribution in [0.3, 0.4) is 0 Å². The van der Waals surface area contributed by atoms with E-state index in [1.165, 1.54) is 43.6 Å². The minimum absolute atomic E-state index is 0.845. The molecule has 2 aliphatic heterocycles. The number of fused-ring (bicyclic) bond motifs is 1. The van der Waals surface area contributed by atoms with E-state index in [9.17, 15) is 0 Å². The quantitative estimate of drug-likeness (QED) is 0.900. The van der Waals surface area contributed by atoms with E-state index in [0.29, 0.717) is 0 Å². The normalized spacial score (nSPS) is 22.1. The maximum Gasteiger partial charge on any atom is 0.161 e. The predicted octanol–water partition coefficient (Wildman–Crippen LogP) is 2.06. The molecule has 1 atom stereocenters. The molecule has 1 N–H and O–H groups in total. The first-order valence-electron chi connectivity index (χ1n) is 7.97. The Labute approximate surface area is 127 Å². The first-order valence-corrected chi connectivity index (χ1v) is 7.97. The number of ether oxygens (including phenoxy) is 2. The van der Waals surface area contributed by atoms with Gasteiger partial charge < -0.3 is 14.8 Å². The van der Waals surface area contributed by atoms with Gasteiger partial charge in [-0.25, -0.2) is 0 Å². The lowest BCUT2D eigenvalue weighted by Crippen LogP contribution is -2.32. The van der Waals surface area contributed by atoms with Gasteiger partial charge in [0.05, 0.1) is 14.2 Å². The molecule has 116 valence electrons. The molecule has 1 unspecified atom stereocenters. The molecule has 0 bridgehead atoms. The zero-order chi connectivity index (χ0) is 14.7. The Morgan fingerprint density at radius 2 is 1.95 bits per heavy atom. The van der Waals surface area contributed by atoms with E-state index in [2.05, 4.69) is 22.3 Å². The molecule has 21 heavy (non-hydrogen) atoms. The molecule has 2 heterocycles. The Morgan fingerprint density at radius 1 is 1.19 bits per heavy atom. The van der Waals surface area contributed by atoms with E-state index in [0.717, 1.165) is 36.9 Å². The summed E-state index contributed by atoms with van der Waals surface area (Å²) in [4.78, 5) is 2.58. The Kier molecular flexibility index (Phi) is 4.66. The first-order chi connectivity index (χ1) is 10.3. The van der Waals surface area contributed by atoms with E-state index in [1.54, 1.807) is 14.2 Å². The summed E-state index contributed by atoms with van der Waals surface area (Å²) in [6.07, 6.45) is 3.77. The van der Waals surface area contributed by atoms with Crippen LogP contribution in [0.2, 0.25) is 0 Å². The van der Waals surface area contributed by atoms with Crippen molar-refractivity contribution in [2.75, 3.05) is 40.4 Å². The van der Waals surface area contributed by atoms with E-state index < -0.39 is 0 Å². The molecule has 0 saturated carbocycles. The van der Waals surface area contributed by atoms with Gasteiger partial charge in [0, 0.05) is 13.1 Å². The number of methoxy groups -OCH3 is 2. The molecule has 0 aliphatic carbocycles. The van der Waals surface area contributed by atoms with Crippen LogP contribution >= 0.6 is 0 Å². The van der Waals surface area contributed by atoms with Crippen LogP contribution in [-0.2, 0) is 13.0 Å². The van der Waals surface area contributed by atoms with Crippen molar-refractivity contribution in [3.8, 4) is 11.5 Å². The summed E-state index contributed by atoms with van der Waals surface area (Å²) in [5, 5.41) is 3.45. The molecule has 0 radical (unpaired) electrons. The summed E-state index contributed by atoms with van der Waals surface area (Å²) in [5.41, 5.74) is 2.80. The third-order valence-corrected chi connectivity index (χ3v) is 4.81. The summed E-state index contributed by atoms with van der Waals surface area (Å²) >= 11 is 0. The minimum atomic E-state index is 0.845. The summed E-state index contributed by atoms with van der Waals surface area (Å²) in [6.45, 7) is 5.80. The molecule has 2 aliphatic rings. The van der Waals surface area contributed by atoms with Crippen molar-refractivity contribution in [1.82, 2.24) is 10.2 Å². The van der Waals surface area contributed by atoms with Gasteiger partial charge in [0.15, 0.2) is 11.5 Å². The van der Waals surface area contributed by atoms with Crippen LogP contribution in [0.25, 0.3) is 0 Å².